The highest BCUT2D eigenvalue weighted by molar-refractivity contribution is 5.11. The van der Waals surface area contributed by atoms with Crippen molar-refractivity contribution in [2.75, 3.05) is 32.8 Å². The second-order valence-electron chi connectivity index (χ2n) is 4.87. The van der Waals surface area contributed by atoms with Crippen LogP contribution >= 0.6 is 0 Å². The molecule has 2 unspecified atom stereocenters. The summed E-state index contributed by atoms with van der Waals surface area (Å²) in [6.45, 7) is 9.42. The molecule has 2 heterocycles. The highest BCUT2D eigenvalue weighted by Crippen LogP contribution is 2.21. The van der Waals surface area contributed by atoms with Gasteiger partial charge in [0.15, 0.2) is 0 Å². The summed E-state index contributed by atoms with van der Waals surface area (Å²) in [5.41, 5.74) is 1.22. The number of rotatable bonds is 6. The van der Waals surface area contributed by atoms with Crippen LogP contribution in [0.1, 0.15) is 32.0 Å². The Labute approximate surface area is 110 Å². The van der Waals surface area contributed by atoms with E-state index in [2.05, 4.69) is 35.1 Å². The van der Waals surface area contributed by atoms with Gasteiger partial charge in [0.1, 0.15) is 0 Å². The van der Waals surface area contributed by atoms with E-state index in [-0.39, 0.29) is 12.1 Å². The Morgan fingerprint density at radius 1 is 1.56 bits per heavy atom. The van der Waals surface area contributed by atoms with E-state index in [9.17, 15) is 0 Å². The van der Waals surface area contributed by atoms with Crippen LogP contribution in [0.2, 0.25) is 0 Å². The molecule has 2 rings (SSSR count). The van der Waals surface area contributed by atoms with Gasteiger partial charge in [-0.2, -0.15) is 0 Å². The van der Waals surface area contributed by atoms with Crippen LogP contribution in [-0.4, -0.2) is 48.8 Å². The van der Waals surface area contributed by atoms with Crippen LogP contribution in [0, 0.1) is 0 Å². The van der Waals surface area contributed by atoms with Crippen molar-refractivity contribution in [3.63, 3.8) is 0 Å². The minimum atomic E-state index is 0.240. The molecule has 0 amide bonds. The fraction of sp³-hybridized carbons (Fsp3) is 0.714. The number of nitrogens with one attached hydrogen (secondary N) is 2. The molecule has 1 saturated heterocycles. The molecule has 2 N–H and O–H groups in total. The Balaban J connectivity index is 2.01. The van der Waals surface area contributed by atoms with Gasteiger partial charge in [-0.15, -0.1) is 0 Å². The molecule has 0 saturated carbocycles. The summed E-state index contributed by atoms with van der Waals surface area (Å²) in [4.78, 5) is 5.81. The number of ether oxygens (including phenoxy) is 1. The highest BCUT2D eigenvalue weighted by atomic mass is 16.5. The van der Waals surface area contributed by atoms with Crippen LogP contribution in [-0.2, 0) is 4.74 Å². The van der Waals surface area contributed by atoms with Gasteiger partial charge < -0.3 is 15.0 Å². The lowest BCUT2D eigenvalue weighted by Crippen LogP contribution is -2.48. The maximum Gasteiger partial charge on any atom is 0.0911 e. The molecule has 0 radical (unpaired) electrons. The van der Waals surface area contributed by atoms with Gasteiger partial charge in [0.05, 0.1) is 18.8 Å². The Kier molecular flexibility index (Phi) is 5.23. The number of morpholine rings is 1. The van der Waals surface area contributed by atoms with Crippen LogP contribution in [0.25, 0.3) is 0 Å². The first kappa shape index (κ1) is 13.6. The first-order valence-corrected chi connectivity index (χ1v) is 7.05. The molecule has 4 heteroatoms. The highest BCUT2D eigenvalue weighted by Gasteiger charge is 2.28. The predicted molar refractivity (Wildman–Crippen MR) is 73.7 cm³/mol. The predicted octanol–water partition coefficient (Wildman–Crippen LogP) is 1.78. The van der Waals surface area contributed by atoms with Crippen molar-refractivity contribution in [3.05, 3.63) is 24.0 Å². The van der Waals surface area contributed by atoms with E-state index in [1.54, 1.807) is 0 Å². The molecule has 1 aromatic rings. The quantitative estimate of drug-likeness (QED) is 0.809. The summed E-state index contributed by atoms with van der Waals surface area (Å²) in [6, 6.07) is 4.45. The molecule has 1 aliphatic heterocycles. The molecule has 1 aliphatic rings. The number of hydrogen-bond acceptors (Lipinski definition) is 3. The first-order chi connectivity index (χ1) is 8.85. The molecular formula is C14H25N3O. The summed E-state index contributed by atoms with van der Waals surface area (Å²) < 4.78 is 5.97. The average molecular weight is 251 g/mol. The van der Waals surface area contributed by atoms with Crippen LogP contribution in [0.4, 0.5) is 0 Å². The Morgan fingerprint density at radius 3 is 3.11 bits per heavy atom. The number of H-pyrrole nitrogens is 1. The van der Waals surface area contributed by atoms with Crippen LogP contribution in [0.15, 0.2) is 18.3 Å². The fourth-order valence-corrected chi connectivity index (χ4v) is 2.65. The zero-order chi connectivity index (χ0) is 12.8. The molecule has 1 aromatic heterocycles. The third-order valence-corrected chi connectivity index (χ3v) is 3.47. The Bertz CT molecular complexity index is 324. The van der Waals surface area contributed by atoms with Crippen molar-refractivity contribution in [2.24, 2.45) is 0 Å². The lowest BCUT2D eigenvalue weighted by molar-refractivity contribution is -0.0474. The second kappa shape index (κ2) is 6.92. The van der Waals surface area contributed by atoms with E-state index >= 15 is 0 Å². The molecule has 0 aliphatic carbocycles. The molecule has 0 aromatic carbocycles. The minimum absolute atomic E-state index is 0.240. The summed E-state index contributed by atoms with van der Waals surface area (Å²) in [6.07, 6.45) is 3.43. The van der Waals surface area contributed by atoms with Gasteiger partial charge in [-0.25, -0.2) is 0 Å². The fourth-order valence-electron chi connectivity index (χ4n) is 2.65. The average Bonchev–Trinajstić information content (AvgIpc) is 2.90. The molecule has 0 bridgehead atoms. The summed E-state index contributed by atoms with van der Waals surface area (Å²) in [5, 5.41) is 3.53. The van der Waals surface area contributed by atoms with Gasteiger partial charge in [-0.05, 0) is 31.6 Å². The zero-order valence-electron chi connectivity index (χ0n) is 11.5. The number of likely N-dealkylation sites (N-methyl/N-ethyl adjacent to an activating group) is 1. The molecule has 2 atom stereocenters. The van der Waals surface area contributed by atoms with Crippen LogP contribution in [0.5, 0.6) is 0 Å². The van der Waals surface area contributed by atoms with Crippen molar-refractivity contribution in [2.45, 2.75) is 32.4 Å². The number of nitrogens with zero attached hydrogens (tertiary/aromatic N) is 1. The maximum absolute atomic E-state index is 5.97. The van der Waals surface area contributed by atoms with E-state index in [0.29, 0.717) is 0 Å². The van der Waals surface area contributed by atoms with Crippen molar-refractivity contribution >= 4 is 0 Å². The Morgan fingerprint density at radius 2 is 2.44 bits per heavy atom. The van der Waals surface area contributed by atoms with E-state index in [4.69, 9.17) is 4.74 Å². The first-order valence-electron chi connectivity index (χ1n) is 7.05. The molecule has 18 heavy (non-hydrogen) atoms. The van der Waals surface area contributed by atoms with Crippen molar-refractivity contribution in [3.8, 4) is 0 Å². The van der Waals surface area contributed by atoms with Crippen LogP contribution in [0.3, 0.4) is 0 Å². The van der Waals surface area contributed by atoms with Gasteiger partial charge in [-0.3, -0.25) is 4.90 Å². The summed E-state index contributed by atoms with van der Waals surface area (Å²) in [7, 11) is 0. The number of aromatic amines is 1. The normalized spacial score (nSPS) is 23.1. The second-order valence-corrected chi connectivity index (χ2v) is 4.87. The summed E-state index contributed by atoms with van der Waals surface area (Å²) >= 11 is 0. The lowest BCUT2D eigenvalue weighted by Gasteiger charge is -2.37. The van der Waals surface area contributed by atoms with Gasteiger partial charge in [0, 0.05) is 25.0 Å². The van der Waals surface area contributed by atoms with Gasteiger partial charge in [-0.1, -0.05) is 13.8 Å². The van der Waals surface area contributed by atoms with Crippen molar-refractivity contribution < 1.29 is 4.74 Å². The van der Waals surface area contributed by atoms with Gasteiger partial charge >= 0.3 is 0 Å². The molecule has 0 spiro atoms. The van der Waals surface area contributed by atoms with E-state index in [1.165, 1.54) is 18.7 Å². The monoisotopic (exact) mass is 251 g/mol. The molecule has 1 fully saturated rings. The maximum atomic E-state index is 5.97. The topological polar surface area (TPSA) is 40.3 Å². The summed E-state index contributed by atoms with van der Waals surface area (Å²) in [5.74, 6) is 0. The van der Waals surface area contributed by atoms with E-state index < -0.39 is 0 Å². The molecule has 4 nitrogen and oxygen atoms in total. The minimum Gasteiger partial charge on any atom is -0.374 e. The third-order valence-electron chi connectivity index (χ3n) is 3.47. The van der Waals surface area contributed by atoms with Gasteiger partial charge in [0.2, 0.25) is 0 Å². The van der Waals surface area contributed by atoms with E-state index in [1.807, 2.05) is 12.3 Å². The van der Waals surface area contributed by atoms with Crippen LogP contribution < -0.4 is 5.32 Å². The largest absolute Gasteiger partial charge is 0.374 e. The van der Waals surface area contributed by atoms with Crippen molar-refractivity contribution in [1.82, 2.24) is 15.2 Å². The SMILES string of the molecule is CCCN1CCOC(C(NCC)c2ccc[nH]2)C1. The number of aromatic nitrogens is 1. The van der Waals surface area contributed by atoms with E-state index in [0.717, 1.165) is 26.2 Å². The van der Waals surface area contributed by atoms with Crippen molar-refractivity contribution in [1.29, 1.82) is 0 Å². The molecule has 102 valence electrons. The number of hydrogen-bond donors (Lipinski definition) is 2. The third kappa shape index (κ3) is 3.34. The standard InChI is InChI=1S/C14H25N3O/c1-3-8-17-9-10-18-13(11-17)14(15-4-2)12-6-5-7-16-12/h5-7,13-16H,3-4,8-11H2,1-2H3. The Hall–Kier alpha value is -0.840. The lowest BCUT2D eigenvalue weighted by atomic mass is 10.1. The zero-order valence-corrected chi connectivity index (χ0v) is 11.5. The molecular weight excluding hydrogens is 226 g/mol. The smallest absolute Gasteiger partial charge is 0.0911 e. The van der Waals surface area contributed by atoms with Gasteiger partial charge in [0.25, 0.3) is 0 Å².